The smallest absolute Gasteiger partial charge is 0.326 e. The zero-order chi connectivity index (χ0) is 15.0. The van der Waals surface area contributed by atoms with E-state index in [2.05, 4.69) is 5.32 Å². The summed E-state index contributed by atoms with van der Waals surface area (Å²) in [5.41, 5.74) is 0.361. The Bertz CT molecular complexity index is 486. The Morgan fingerprint density at radius 2 is 1.95 bits per heavy atom. The van der Waals surface area contributed by atoms with Gasteiger partial charge in [0.05, 0.1) is 0 Å². The first-order valence-corrected chi connectivity index (χ1v) is 6.29. The maximum atomic E-state index is 12.0. The number of aliphatic carboxylic acids is 1. The first-order chi connectivity index (χ1) is 9.60. The molecule has 0 aromatic heterocycles. The quantitative estimate of drug-likeness (QED) is 0.483. The minimum absolute atomic E-state index is 0.0196. The van der Waals surface area contributed by atoms with Gasteiger partial charge in [0.1, 0.15) is 6.04 Å². The molecule has 1 amide bonds. The highest BCUT2D eigenvalue weighted by Gasteiger charge is 2.21. The van der Waals surface area contributed by atoms with Crippen LogP contribution in [0.25, 0.3) is 0 Å². The lowest BCUT2D eigenvalue weighted by molar-refractivity contribution is -0.139. The van der Waals surface area contributed by atoms with Crippen molar-refractivity contribution in [3.05, 3.63) is 35.4 Å². The number of aliphatic hydroxyl groups is 1. The van der Waals surface area contributed by atoms with Gasteiger partial charge in [0.25, 0.3) is 5.91 Å². The van der Waals surface area contributed by atoms with Crippen LogP contribution in [-0.4, -0.2) is 41.0 Å². The lowest BCUT2D eigenvalue weighted by Gasteiger charge is -2.14. The van der Waals surface area contributed by atoms with E-state index in [1.807, 2.05) is 0 Å². The van der Waals surface area contributed by atoms with Gasteiger partial charge in [-0.15, -0.1) is 0 Å². The number of amides is 1. The molecular weight excluding hydrogens is 262 g/mol. The summed E-state index contributed by atoms with van der Waals surface area (Å²) in [4.78, 5) is 33.9. The highest BCUT2D eigenvalue weighted by molar-refractivity contribution is 6.02. The van der Waals surface area contributed by atoms with Gasteiger partial charge in [-0.2, -0.15) is 0 Å². The van der Waals surface area contributed by atoms with Crippen molar-refractivity contribution in [3.8, 4) is 0 Å². The maximum Gasteiger partial charge on any atom is 0.326 e. The van der Waals surface area contributed by atoms with E-state index in [1.165, 1.54) is 12.1 Å². The lowest BCUT2D eigenvalue weighted by Crippen LogP contribution is -2.41. The molecule has 0 aliphatic heterocycles. The monoisotopic (exact) mass is 279 g/mol. The number of carbonyl (C=O) groups excluding carboxylic acids is 2. The second-order valence-corrected chi connectivity index (χ2v) is 4.29. The van der Waals surface area contributed by atoms with Gasteiger partial charge in [0.15, 0.2) is 6.29 Å². The summed E-state index contributed by atoms with van der Waals surface area (Å²) in [6.07, 6.45) is 1.75. The Hall–Kier alpha value is -2.21. The second-order valence-electron chi connectivity index (χ2n) is 4.29. The summed E-state index contributed by atoms with van der Waals surface area (Å²) in [7, 11) is 0. The van der Waals surface area contributed by atoms with E-state index in [4.69, 9.17) is 10.2 Å². The van der Waals surface area contributed by atoms with Gasteiger partial charge in [-0.3, -0.25) is 9.59 Å². The maximum absolute atomic E-state index is 12.0. The number of unbranched alkanes of at least 4 members (excludes halogenated alkanes) is 1. The van der Waals surface area contributed by atoms with E-state index in [1.54, 1.807) is 12.1 Å². The van der Waals surface area contributed by atoms with Crippen molar-refractivity contribution in [1.29, 1.82) is 0 Å². The average molecular weight is 279 g/mol. The number of aliphatic hydroxyl groups excluding tert-OH is 1. The fourth-order valence-electron chi connectivity index (χ4n) is 1.76. The highest BCUT2D eigenvalue weighted by atomic mass is 16.4. The second kappa shape index (κ2) is 8.06. The molecule has 6 heteroatoms. The van der Waals surface area contributed by atoms with Crippen LogP contribution in [0.5, 0.6) is 0 Å². The van der Waals surface area contributed by atoms with Crippen LogP contribution in [0, 0.1) is 0 Å². The van der Waals surface area contributed by atoms with Crippen LogP contribution in [0.2, 0.25) is 0 Å². The van der Waals surface area contributed by atoms with E-state index in [-0.39, 0.29) is 24.2 Å². The molecule has 0 radical (unpaired) electrons. The van der Waals surface area contributed by atoms with Gasteiger partial charge in [-0.05, 0) is 25.3 Å². The van der Waals surface area contributed by atoms with Crippen LogP contribution in [0.1, 0.15) is 40.0 Å². The number of nitrogens with one attached hydrogen (secondary N) is 1. The fourth-order valence-corrected chi connectivity index (χ4v) is 1.76. The molecule has 0 aliphatic carbocycles. The van der Waals surface area contributed by atoms with Crippen molar-refractivity contribution in [2.24, 2.45) is 0 Å². The van der Waals surface area contributed by atoms with Crippen LogP contribution in [0.4, 0.5) is 0 Å². The molecule has 0 fully saturated rings. The third kappa shape index (κ3) is 4.47. The van der Waals surface area contributed by atoms with Crippen LogP contribution in [-0.2, 0) is 4.79 Å². The molecule has 3 N–H and O–H groups in total. The normalized spacial score (nSPS) is 11.7. The lowest BCUT2D eigenvalue weighted by atomic mass is 10.1. The molecule has 1 atom stereocenters. The third-order valence-electron chi connectivity index (χ3n) is 2.84. The van der Waals surface area contributed by atoms with E-state index in [0.29, 0.717) is 19.1 Å². The van der Waals surface area contributed by atoms with Crippen molar-refractivity contribution in [2.45, 2.75) is 25.3 Å². The van der Waals surface area contributed by atoms with Gasteiger partial charge >= 0.3 is 5.97 Å². The molecular formula is C14H17NO5. The summed E-state index contributed by atoms with van der Waals surface area (Å²) in [6, 6.07) is 5.14. The zero-order valence-electron chi connectivity index (χ0n) is 10.9. The van der Waals surface area contributed by atoms with Crippen molar-refractivity contribution in [3.63, 3.8) is 0 Å². The first-order valence-electron chi connectivity index (χ1n) is 6.29. The van der Waals surface area contributed by atoms with Gasteiger partial charge < -0.3 is 15.5 Å². The Morgan fingerprint density at radius 1 is 1.25 bits per heavy atom. The summed E-state index contributed by atoms with van der Waals surface area (Å²) in [5.74, 6) is -1.73. The molecule has 0 saturated carbocycles. The predicted octanol–water partition coefficient (Wildman–Crippen LogP) is 0.845. The SMILES string of the molecule is O=Cc1ccccc1C(=O)N[C@@H](CCCCO)C(=O)O. The molecule has 0 unspecified atom stereocenters. The Kier molecular flexibility index (Phi) is 6.39. The zero-order valence-corrected chi connectivity index (χ0v) is 10.9. The summed E-state index contributed by atoms with van der Waals surface area (Å²) in [5, 5.41) is 20.1. The average Bonchev–Trinajstić information content (AvgIpc) is 2.46. The summed E-state index contributed by atoms with van der Waals surface area (Å²) in [6.45, 7) is -0.0196. The van der Waals surface area contributed by atoms with Crippen LogP contribution in [0.15, 0.2) is 24.3 Å². The van der Waals surface area contributed by atoms with E-state index >= 15 is 0 Å². The fraction of sp³-hybridized carbons (Fsp3) is 0.357. The molecule has 1 aromatic rings. The van der Waals surface area contributed by atoms with Crippen molar-refractivity contribution in [2.75, 3.05) is 6.61 Å². The van der Waals surface area contributed by atoms with Crippen LogP contribution in [0.3, 0.4) is 0 Å². The van der Waals surface area contributed by atoms with Gasteiger partial charge in [-0.1, -0.05) is 18.2 Å². The standard InChI is InChI=1S/C14H17NO5/c16-8-4-3-7-12(14(19)20)15-13(18)11-6-2-1-5-10(11)9-17/h1-2,5-6,9,12,16H,3-4,7-8H2,(H,15,18)(H,19,20)/t12-/m0/s1. The minimum Gasteiger partial charge on any atom is -0.480 e. The predicted molar refractivity (Wildman–Crippen MR) is 71.7 cm³/mol. The number of aldehydes is 1. The Balaban J connectivity index is 2.75. The summed E-state index contributed by atoms with van der Waals surface area (Å²) < 4.78 is 0. The number of carbonyl (C=O) groups is 3. The van der Waals surface area contributed by atoms with E-state index < -0.39 is 17.9 Å². The third-order valence-corrected chi connectivity index (χ3v) is 2.84. The molecule has 0 bridgehead atoms. The van der Waals surface area contributed by atoms with Gasteiger partial charge in [-0.25, -0.2) is 4.79 Å². The number of rotatable bonds is 8. The summed E-state index contributed by atoms with van der Waals surface area (Å²) >= 11 is 0. The van der Waals surface area contributed by atoms with Crippen molar-refractivity contribution >= 4 is 18.2 Å². The Labute approximate surface area is 116 Å². The Morgan fingerprint density at radius 3 is 2.55 bits per heavy atom. The molecule has 0 aliphatic rings. The molecule has 0 spiro atoms. The van der Waals surface area contributed by atoms with Gasteiger partial charge in [0, 0.05) is 17.7 Å². The number of carboxylic acid groups (broad SMARTS) is 1. The number of carboxylic acids is 1. The highest BCUT2D eigenvalue weighted by Crippen LogP contribution is 2.08. The first kappa shape index (κ1) is 15.8. The molecule has 20 heavy (non-hydrogen) atoms. The molecule has 1 rings (SSSR count). The molecule has 1 aromatic carbocycles. The van der Waals surface area contributed by atoms with Crippen molar-refractivity contribution < 1.29 is 24.6 Å². The number of benzene rings is 1. The topological polar surface area (TPSA) is 104 Å². The van der Waals surface area contributed by atoms with Crippen LogP contribution < -0.4 is 5.32 Å². The van der Waals surface area contributed by atoms with Gasteiger partial charge in [0.2, 0.25) is 0 Å². The minimum atomic E-state index is -1.14. The van der Waals surface area contributed by atoms with E-state index in [9.17, 15) is 14.4 Å². The van der Waals surface area contributed by atoms with E-state index in [0.717, 1.165) is 0 Å². The number of hydrogen-bond acceptors (Lipinski definition) is 4. The molecule has 108 valence electrons. The molecule has 6 nitrogen and oxygen atoms in total. The van der Waals surface area contributed by atoms with Crippen molar-refractivity contribution in [1.82, 2.24) is 5.32 Å². The molecule has 0 saturated heterocycles. The number of hydrogen-bond donors (Lipinski definition) is 3. The van der Waals surface area contributed by atoms with Crippen LogP contribution >= 0.6 is 0 Å². The molecule has 0 heterocycles. The largest absolute Gasteiger partial charge is 0.480 e.